The van der Waals surface area contributed by atoms with Crippen LogP contribution in [0.2, 0.25) is 0 Å². The van der Waals surface area contributed by atoms with Gasteiger partial charge in [0.05, 0.1) is 10.9 Å². The molecule has 0 saturated heterocycles. The van der Waals surface area contributed by atoms with Crippen molar-refractivity contribution in [2.75, 3.05) is 0 Å². The third-order valence-electron chi connectivity index (χ3n) is 3.31. The van der Waals surface area contributed by atoms with E-state index in [-0.39, 0.29) is 10.8 Å². The molecule has 3 rings (SSSR count). The molecule has 3 heterocycles. The molecule has 0 bridgehead atoms. The van der Waals surface area contributed by atoms with Crippen molar-refractivity contribution in [2.45, 2.75) is 31.8 Å². The lowest BCUT2D eigenvalue weighted by atomic mass is 10.3. The van der Waals surface area contributed by atoms with E-state index in [9.17, 15) is 4.79 Å². The van der Waals surface area contributed by atoms with E-state index in [1.807, 2.05) is 32.0 Å². The summed E-state index contributed by atoms with van der Waals surface area (Å²) in [6.07, 6.45) is 0. The van der Waals surface area contributed by atoms with Crippen molar-refractivity contribution < 1.29 is 4.52 Å². The second-order valence-electron chi connectivity index (χ2n) is 5.08. The van der Waals surface area contributed by atoms with Gasteiger partial charge in [0, 0.05) is 17.5 Å². The second-order valence-corrected chi connectivity index (χ2v) is 6.41. The van der Waals surface area contributed by atoms with Gasteiger partial charge in [-0.05, 0) is 32.9 Å². The standard InChI is InChI=1S/C15H16N4O2S/c1-9-5-4-6-13-17-12(7-14(20)19(9)13)8-22-10(2)15-16-11(3)18-21-15/h4-7,10H,8H2,1-3H3. The van der Waals surface area contributed by atoms with Crippen LogP contribution < -0.4 is 5.56 Å². The first kappa shape index (κ1) is 14.8. The van der Waals surface area contributed by atoms with E-state index < -0.39 is 0 Å². The molecule has 1 unspecified atom stereocenters. The van der Waals surface area contributed by atoms with Crippen LogP contribution in [-0.2, 0) is 5.75 Å². The van der Waals surface area contributed by atoms with Crippen molar-refractivity contribution in [2.24, 2.45) is 0 Å². The van der Waals surface area contributed by atoms with E-state index >= 15 is 0 Å². The third kappa shape index (κ3) is 2.89. The Morgan fingerprint density at radius 3 is 2.86 bits per heavy atom. The van der Waals surface area contributed by atoms with Crippen LogP contribution in [0.5, 0.6) is 0 Å². The number of aryl methyl sites for hydroxylation is 2. The number of rotatable bonds is 4. The summed E-state index contributed by atoms with van der Waals surface area (Å²) in [5, 5.41) is 3.84. The predicted octanol–water partition coefficient (Wildman–Crippen LogP) is 2.69. The van der Waals surface area contributed by atoms with Gasteiger partial charge in [0.2, 0.25) is 5.89 Å². The zero-order chi connectivity index (χ0) is 15.7. The summed E-state index contributed by atoms with van der Waals surface area (Å²) in [5.74, 6) is 1.83. The van der Waals surface area contributed by atoms with Gasteiger partial charge < -0.3 is 4.52 Å². The van der Waals surface area contributed by atoms with Crippen molar-refractivity contribution in [1.82, 2.24) is 19.5 Å². The van der Waals surface area contributed by atoms with Crippen molar-refractivity contribution in [1.29, 1.82) is 0 Å². The largest absolute Gasteiger partial charge is 0.338 e. The topological polar surface area (TPSA) is 73.3 Å². The first-order valence-corrected chi connectivity index (χ1v) is 7.99. The van der Waals surface area contributed by atoms with Crippen LogP contribution in [0.1, 0.15) is 35.3 Å². The fourth-order valence-electron chi connectivity index (χ4n) is 2.20. The van der Waals surface area contributed by atoms with Crippen molar-refractivity contribution in [3.05, 3.63) is 57.7 Å². The molecular weight excluding hydrogens is 300 g/mol. The lowest BCUT2D eigenvalue weighted by molar-refractivity contribution is 0.376. The molecule has 3 aromatic heterocycles. The first-order chi connectivity index (χ1) is 10.5. The SMILES string of the molecule is Cc1noc(C(C)SCc2cc(=O)n3c(C)cccc3n2)n1. The van der Waals surface area contributed by atoms with Gasteiger partial charge in [0.25, 0.3) is 5.56 Å². The summed E-state index contributed by atoms with van der Waals surface area (Å²) in [7, 11) is 0. The van der Waals surface area contributed by atoms with Crippen molar-refractivity contribution in [3.8, 4) is 0 Å². The maximum Gasteiger partial charge on any atom is 0.258 e. The number of hydrogen-bond donors (Lipinski definition) is 0. The maximum absolute atomic E-state index is 12.2. The number of pyridine rings is 1. The Kier molecular flexibility index (Phi) is 3.98. The molecule has 7 heteroatoms. The number of hydrogen-bond acceptors (Lipinski definition) is 6. The first-order valence-electron chi connectivity index (χ1n) is 6.95. The zero-order valence-corrected chi connectivity index (χ0v) is 13.4. The number of aromatic nitrogens is 4. The Morgan fingerprint density at radius 2 is 2.14 bits per heavy atom. The Morgan fingerprint density at radius 1 is 1.32 bits per heavy atom. The Bertz CT molecular complexity index is 871. The summed E-state index contributed by atoms with van der Waals surface area (Å²) >= 11 is 1.61. The molecule has 1 atom stereocenters. The number of nitrogens with zero attached hydrogens (tertiary/aromatic N) is 4. The molecule has 3 aromatic rings. The van der Waals surface area contributed by atoms with E-state index in [2.05, 4.69) is 15.1 Å². The van der Waals surface area contributed by atoms with Gasteiger partial charge in [0.1, 0.15) is 5.65 Å². The fraction of sp³-hybridized carbons (Fsp3) is 0.333. The van der Waals surface area contributed by atoms with Crippen LogP contribution in [0.3, 0.4) is 0 Å². The third-order valence-corrected chi connectivity index (χ3v) is 4.47. The Labute approximate surface area is 131 Å². The van der Waals surface area contributed by atoms with E-state index in [4.69, 9.17) is 4.52 Å². The van der Waals surface area contributed by atoms with Gasteiger partial charge in [-0.1, -0.05) is 11.2 Å². The van der Waals surface area contributed by atoms with E-state index in [1.54, 1.807) is 29.2 Å². The average Bonchev–Trinajstić information content (AvgIpc) is 2.91. The lowest BCUT2D eigenvalue weighted by Gasteiger charge is -2.08. The lowest BCUT2D eigenvalue weighted by Crippen LogP contribution is -2.17. The summed E-state index contributed by atoms with van der Waals surface area (Å²) in [6, 6.07) is 7.22. The smallest absolute Gasteiger partial charge is 0.258 e. The van der Waals surface area contributed by atoms with Crippen LogP contribution in [0, 0.1) is 13.8 Å². The number of fused-ring (bicyclic) bond motifs is 1. The molecule has 0 saturated carbocycles. The minimum Gasteiger partial charge on any atom is -0.338 e. The summed E-state index contributed by atoms with van der Waals surface area (Å²) < 4.78 is 6.77. The summed E-state index contributed by atoms with van der Waals surface area (Å²) in [4.78, 5) is 21.0. The molecule has 114 valence electrons. The minimum absolute atomic E-state index is 0.0546. The molecule has 22 heavy (non-hydrogen) atoms. The van der Waals surface area contributed by atoms with Crippen molar-refractivity contribution in [3.63, 3.8) is 0 Å². The molecule has 6 nitrogen and oxygen atoms in total. The van der Waals surface area contributed by atoms with E-state index in [0.29, 0.717) is 23.1 Å². The molecule has 0 aliphatic carbocycles. The highest BCUT2D eigenvalue weighted by Crippen LogP contribution is 2.29. The highest BCUT2D eigenvalue weighted by molar-refractivity contribution is 7.98. The van der Waals surface area contributed by atoms with Gasteiger partial charge in [-0.15, -0.1) is 11.8 Å². The molecule has 0 N–H and O–H groups in total. The zero-order valence-electron chi connectivity index (χ0n) is 12.6. The quantitative estimate of drug-likeness (QED) is 0.737. The van der Waals surface area contributed by atoms with Crippen LogP contribution in [0.4, 0.5) is 0 Å². The molecule has 0 spiro atoms. The van der Waals surface area contributed by atoms with Gasteiger partial charge in [-0.2, -0.15) is 4.98 Å². The molecule has 0 fully saturated rings. The van der Waals surface area contributed by atoms with Crippen LogP contribution in [-0.4, -0.2) is 19.5 Å². The van der Waals surface area contributed by atoms with Crippen LogP contribution >= 0.6 is 11.8 Å². The Hall–Kier alpha value is -2.15. The predicted molar refractivity (Wildman–Crippen MR) is 84.9 cm³/mol. The van der Waals surface area contributed by atoms with Crippen molar-refractivity contribution >= 4 is 17.4 Å². The van der Waals surface area contributed by atoms with E-state index in [1.165, 1.54) is 0 Å². The molecule has 0 radical (unpaired) electrons. The number of thioether (sulfide) groups is 1. The maximum atomic E-state index is 12.2. The second kappa shape index (κ2) is 5.92. The molecule has 0 aliphatic rings. The van der Waals surface area contributed by atoms with Gasteiger partial charge in [-0.3, -0.25) is 9.20 Å². The monoisotopic (exact) mass is 316 g/mol. The highest BCUT2D eigenvalue weighted by atomic mass is 32.2. The molecular formula is C15H16N4O2S. The molecule has 0 aliphatic heterocycles. The van der Waals surface area contributed by atoms with E-state index in [0.717, 1.165) is 11.4 Å². The van der Waals surface area contributed by atoms with Crippen LogP contribution in [0.15, 0.2) is 33.6 Å². The Balaban J connectivity index is 1.81. The summed E-state index contributed by atoms with van der Waals surface area (Å²) in [5.41, 5.74) is 2.25. The highest BCUT2D eigenvalue weighted by Gasteiger charge is 2.14. The molecule has 0 aromatic carbocycles. The normalized spacial score (nSPS) is 12.7. The average molecular weight is 316 g/mol. The fourth-order valence-corrected chi connectivity index (χ4v) is 3.00. The van der Waals surface area contributed by atoms with Crippen LogP contribution in [0.25, 0.3) is 5.65 Å². The molecule has 0 amide bonds. The minimum atomic E-state index is -0.0556. The van der Waals surface area contributed by atoms with Gasteiger partial charge in [-0.25, -0.2) is 4.98 Å². The van der Waals surface area contributed by atoms with Gasteiger partial charge >= 0.3 is 0 Å². The summed E-state index contributed by atoms with van der Waals surface area (Å²) in [6.45, 7) is 5.68. The van der Waals surface area contributed by atoms with Gasteiger partial charge in [0.15, 0.2) is 5.82 Å².